The van der Waals surface area contributed by atoms with Gasteiger partial charge in [-0.25, -0.2) is 0 Å². The minimum absolute atomic E-state index is 0.0716. The fourth-order valence-electron chi connectivity index (χ4n) is 9.98. The fourth-order valence-corrected chi connectivity index (χ4v) is 9.98. The number of carbonyl (C=O) groups excluding carboxylic acids is 3. The first kappa shape index (κ1) is 73.4. The first-order valence-corrected chi connectivity index (χ1v) is 33.6. The third-order valence-corrected chi connectivity index (χ3v) is 15.1. The predicted molar refractivity (Wildman–Crippen MR) is 330 cm³/mol. The quantitative estimate of drug-likeness (QED) is 0.0261. The summed E-state index contributed by atoms with van der Waals surface area (Å²) in [5, 5.41) is 0. The summed E-state index contributed by atoms with van der Waals surface area (Å²) >= 11 is 0. The molecule has 0 heterocycles. The Labute approximate surface area is 473 Å². The third kappa shape index (κ3) is 62.2. The lowest BCUT2D eigenvalue weighted by Gasteiger charge is -2.18. The number of ether oxygens (including phenoxy) is 3. The molecule has 0 aliphatic carbocycles. The van der Waals surface area contributed by atoms with E-state index in [-0.39, 0.29) is 31.1 Å². The van der Waals surface area contributed by atoms with Crippen molar-refractivity contribution in [3.63, 3.8) is 0 Å². The Kier molecular flexibility index (Phi) is 62.6. The van der Waals surface area contributed by atoms with Crippen molar-refractivity contribution in [1.82, 2.24) is 0 Å². The lowest BCUT2D eigenvalue weighted by molar-refractivity contribution is -0.167. The molecule has 0 aliphatic rings. The van der Waals surface area contributed by atoms with Crippen LogP contribution in [0.5, 0.6) is 0 Å². The van der Waals surface area contributed by atoms with Crippen LogP contribution in [0.3, 0.4) is 0 Å². The third-order valence-electron chi connectivity index (χ3n) is 15.1. The molecule has 6 nitrogen and oxygen atoms in total. The molecule has 0 aliphatic heterocycles. The summed E-state index contributed by atoms with van der Waals surface area (Å²) < 4.78 is 16.9. The molecule has 0 saturated heterocycles. The number of carbonyl (C=O) groups is 3. The van der Waals surface area contributed by atoms with Gasteiger partial charge in [0.15, 0.2) is 6.10 Å². The molecular weight excluding hydrogens is 937 g/mol. The molecule has 0 bridgehead atoms. The molecule has 0 aromatic rings. The van der Waals surface area contributed by atoms with Crippen molar-refractivity contribution in [2.45, 2.75) is 367 Å². The standard InChI is InChI=1S/C70H128O6/c1-4-7-10-13-16-19-22-25-27-29-30-31-32-33-34-35-36-37-38-39-40-42-43-45-48-51-54-57-60-63-69(72)75-66-67(65-74-68(71)62-59-56-53-50-47-24-21-18-15-12-9-6-3)76-70(73)64-61-58-55-52-49-46-44-41-28-26-23-20-17-14-11-8-5-2/h17,20,22,25-26,28-30,67H,4-16,18-19,21,23-24,27,31-66H2,1-3H3/b20-17-,25-22-,28-26-,30-29-. The first-order valence-electron chi connectivity index (χ1n) is 33.6. The van der Waals surface area contributed by atoms with Gasteiger partial charge in [-0.2, -0.15) is 0 Å². The largest absolute Gasteiger partial charge is 0.462 e. The van der Waals surface area contributed by atoms with Gasteiger partial charge in [-0.1, -0.05) is 307 Å². The topological polar surface area (TPSA) is 78.9 Å². The van der Waals surface area contributed by atoms with Crippen molar-refractivity contribution in [1.29, 1.82) is 0 Å². The molecule has 0 aromatic carbocycles. The molecule has 0 radical (unpaired) electrons. The van der Waals surface area contributed by atoms with Gasteiger partial charge in [0.05, 0.1) is 0 Å². The van der Waals surface area contributed by atoms with Crippen LogP contribution < -0.4 is 0 Å². The number of allylic oxidation sites excluding steroid dienone is 8. The van der Waals surface area contributed by atoms with E-state index in [1.807, 2.05) is 0 Å². The molecule has 0 aromatic heterocycles. The second-order valence-corrected chi connectivity index (χ2v) is 22.7. The Morgan fingerprint density at radius 1 is 0.263 bits per heavy atom. The average molecular weight is 1070 g/mol. The number of rotatable bonds is 62. The monoisotopic (exact) mass is 1060 g/mol. The highest BCUT2D eigenvalue weighted by Gasteiger charge is 2.19. The van der Waals surface area contributed by atoms with Crippen molar-refractivity contribution in [3.8, 4) is 0 Å². The van der Waals surface area contributed by atoms with E-state index in [0.29, 0.717) is 19.3 Å². The molecule has 6 heteroatoms. The zero-order valence-corrected chi connectivity index (χ0v) is 51.0. The van der Waals surface area contributed by atoms with Crippen LogP contribution in [0.4, 0.5) is 0 Å². The van der Waals surface area contributed by atoms with Crippen LogP contribution in [-0.2, 0) is 28.6 Å². The Balaban J connectivity index is 4.17. The molecule has 0 rings (SSSR count). The molecule has 0 fully saturated rings. The molecule has 1 unspecified atom stereocenters. The molecular formula is C70H128O6. The number of hydrogen-bond acceptors (Lipinski definition) is 6. The minimum atomic E-state index is -0.774. The van der Waals surface area contributed by atoms with Gasteiger partial charge in [0.2, 0.25) is 0 Å². The first-order chi connectivity index (χ1) is 37.5. The molecule has 444 valence electrons. The summed E-state index contributed by atoms with van der Waals surface area (Å²) in [6.07, 6.45) is 81.3. The lowest BCUT2D eigenvalue weighted by Crippen LogP contribution is -2.30. The van der Waals surface area contributed by atoms with Gasteiger partial charge in [0.25, 0.3) is 0 Å². The average Bonchev–Trinajstić information content (AvgIpc) is 3.42. The van der Waals surface area contributed by atoms with E-state index in [1.165, 1.54) is 244 Å². The predicted octanol–water partition coefficient (Wildman–Crippen LogP) is 22.9. The molecule has 0 amide bonds. The van der Waals surface area contributed by atoms with Gasteiger partial charge in [0.1, 0.15) is 13.2 Å². The Morgan fingerprint density at radius 3 is 0.750 bits per heavy atom. The number of unbranched alkanes of at least 4 members (excludes halogenated alkanes) is 43. The van der Waals surface area contributed by atoms with Gasteiger partial charge in [-0.05, 0) is 83.5 Å². The number of hydrogen-bond donors (Lipinski definition) is 0. The zero-order chi connectivity index (χ0) is 55.0. The molecule has 0 N–H and O–H groups in total. The maximum atomic E-state index is 12.9. The normalized spacial score (nSPS) is 12.3. The van der Waals surface area contributed by atoms with Gasteiger partial charge >= 0.3 is 17.9 Å². The van der Waals surface area contributed by atoms with Gasteiger partial charge in [0, 0.05) is 19.3 Å². The van der Waals surface area contributed by atoms with E-state index in [0.717, 1.165) is 77.0 Å². The Morgan fingerprint density at radius 2 is 0.474 bits per heavy atom. The van der Waals surface area contributed by atoms with Crippen LogP contribution in [0.15, 0.2) is 48.6 Å². The second-order valence-electron chi connectivity index (χ2n) is 22.7. The van der Waals surface area contributed by atoms with Gasteiger partial charge < -0.3 is 14.2 Å². The van der Waals surface area contributed by atoms with Crippen LogP contribution in [0, 0.1) is 0 Å². The maximum Gasteiger partial charge on any atom is 0.306 e. The van der Waals surface area contributed by atoms with Crippen LogP contribution in [-0.4, -0.2) is 37.2 Å². The number of esters is 3. The van der Waals surface area contributed by atoms with E-state index in [1.54, 1.807) is 0 Å². The van der Waals surface area contributed by atoms with Crippen molar-refractivity contribution in [2.75, 3.05) is 13.2 Å². The highest BCUT2D eigenvalue weighted by molar-refractivity contribution is 5.71. The van der Waals surface area contributed by atoms with E-state index >= 15 is 0 Å². The summed E-state index contributed by atoms with van der Waals surface area (Å²) in [7, 11) is 0. The summed E-state index contributed by atoms with van der Waals surface area (Å²) in [6.45, 7) is 6.65. The van der Waals surface area contributed by atoms with E-state index in [2.05, 4.69) is 69.4 Å². The molecule has 1 atom stereocenters. The SMILES string of the molecule is CCCCC/C=C\C/C=C\CCCCCCCCCC(=O)OC(COC(=O)CCCCCCCCCCCCCC)COC(=O)CCCCCCCCCCCCCCCCCCC/C=C\C/C=C\CCCCCCC. The smallest absolute Gasteiger partial charge is 0.306 e. The lowest BCUT2D eigenvalue weighted by atomic mass is 10.0. The minimum Gasteiger partial charge on any atom is -0.462 e. The summed E-state index contributed by atoms with van der Waals surface area (Å²) in [5.41, 5.74) is 0. The van der Waals surface area contributed by atoms with Crippen molar-refractivity contribution in [3.05, 3.63) is 48.6 Å². The van der Waals surface area contributed by atoms with Crippen LogP contribution >= 0.6 is 0 Å². The van der Waals surface area contributed by atoms with Crippen LogP contribution in [0.1, 0.15) is 361 Å². The van der Waals surface area contributed by atoms with Crippen molar-refractivity contribution < 1.29 is 28.6 Å². The van der Waals surface area contributed by atoms with Crippen molar-refractivity contribution >= 4 is 17.9 Å². The summed E-state index contributed by atoms with van der Waals surface area (Å²) in [5.74, 6) is -0.857. The van der Waals surface area contributed by atoms with Gasteiger partial charge in [-0.15, -0.1) is 0 Å². The highest BCUT2D eigenvalue weighted by atomic mass is 16.6. The molecule has 0 saturated carbocycles. The molecule has 0 spiro atoms. The fraction of sp³-hybridized carbons (Fsp3) is 0.843. The van der Waals surface area contributed by atoms with E-state index in [4.69, 9.17) is 14.2 Å². The summed E-state index contributed by atoms with van der Waals surface area (Å²) in [6, 6.07) is 0. The second kappa shape index (κ2) is 64.9. The Bertz CT molecular complexity index is 1310. The van der Waals surface area contributed by atoms with Crippen LogP contribution in [0.25, 0.3) is 0 Å². The maximum absolute atomic E-state index is 12.9. The zero-order valence-electron chi connectivity index (χ0n) is 51.0. The molecule has 76 heavy (non-hydrogen) atoms. The highest BCUT2D eigenvalue weighted by Crippen LogP contribution is 2.18. The van der Waals surface area contributed by atoms with Gasteiger partial charge in [-0.3, -0.25) is 14.4 Å². The summed E-state index contributed by atoms with van der Waals surface area (Å²) in [4.78, 5) is 38.3. The van der Waals surface area contributed by atoms with Crippen molar-refractivity contribution in [2.24, 2.45) is 0 Å². The van der Waals surface area contributed by atoms with E-state index in [9.17, 15) is 14.4 Å². The van der Waals surface area contributed by atoms with Crippen LogP contribution in [0.2, 0.25) is 0 Å². The Hall–Kier alpha value is -2.63. The van der Waals surface area contributed by atoms with E-state index < -0.39 is 6.10 Å².